The van der Waals surface area contributed by atoms with Gasteiger partial charge in [-0.1, -0.05) is 12.1 Å². The Labute approximate surface area is 111 Å². The average Bonchev–Trinajstić information content (AvgIpc) is 2.31. The van der Waals surface area contributed by atoms with Crippen LogP contribution in [0.4, 0.5) is 5.69 Å². The van der Waals surface area contributed by atoms with E-state index in [-0.39, 0.29) is 30.5 Å². The standard InChI is InChI=1S/C14H17NO4/c1-3-19-14(18)9-11-4-6-12(7-5-11)15-13(17)8-10(2)16/h4-7H,3,8-9H2,1-2H3,(H,15,17). The lowest BCUT2D eigenvalue weighted by Gasteiger charge is -2.05. The highest BCUT2D eigenvalue weighted by Crippen LogP contribution is 2.11. The topological polar surface area (TPSA) is 72.5 Å². The predicted octanol–water partition coefficient (Wildman–Crippen LogP) is 1.71. The van der Waals surface area contributed by atoms with Gasteiger partial charge < -0.3 is 10.1 Å². The van der Waals surface area contributed by atoms with Gasteiger partial charge in [0.05, 0.1) is 19.4 Å². The molecule has 5 heteroatoms. The van der Waals surface area contributed by atoms with Crippen LogP contribution in [-0.4, -0.2) is 24.3 Å². The van der Waals surface area contributed by atoms with E-state index in [9.17, 15) is 14.4 Å². The number of esters is 1. The lowest BCUT2D eigenvalue weighted by atomic mass is 10.1. The van der Waals surface area contributed by atoms with Gasteiger partial charge in [-0.05, 0) is 31.5 Å². The monoisotopic (exact) mass is 263 g/mol. The molecule has 102 valence electrons. The summed E-state index contributed by atoms with van der Waals surface area (Å²) in [5, 5.41) is 2.60. The number of carbonyl (C=O) groups is 3. The average molecular weight is 263 g/mol. The molecule has 0 radical (unpaired) electrons. The lowest BCUT2D eigenvalue weighted by Crippen LogP contribution is -2.14. The fraction of sp³-hybridized carbons (Fsp3) is 0.357. The fourth-order valence-electron chi connectivity index (χ4n) is 1.52. The predicted molar refractivity (Wildman–Crippen MR) is 70.7 cm³/mol. The van der Waals surface area contributed by atoms with Crippen LogP contribution >= 0.6 is 0 Å². The molecule has 0 aliphatic carbocycles. The first-order valence-electron chi connectivity index (χ1n) is 6.05. The number of rotatable bonds is 6. The van der Waals surface area contributed by atoms with Crippen LogP contribution in [-0.2, 0) is 25.5 Å². The van der Waals surface area contributed by atoms with E-state index in [4.69, 9.17) is 4.74 Å². The SMILES string of the molecule is CCOC(=O)Cc1ccc(NC(=O)CC(C)=O)cc1. The van der Waals surface area contributed by atoms with Gasteiger partial charge in [0, 0.05) is 5.69 Å². The van der Waals surface area contributed by atoms with Crippen molar-refractivity contribution in [2.45, 2.75) is 26.7 Å². The Kier molecular flexibility index (Phi) is 5.73. The van der Waals surface area contributed by atoms with Gasteiger partial charge in [0.1, 0.15) is 5.78 Å². The van der Waals surface area contributed by atoms with Crippen LogP contribution in [0.1, 0.15) is 25.8 Å². The van der Waals surface area contributed by atoms with Crippen LogP contribution in [0.15, 0.2) is 24.3 Å². The Morgan fingerprint density at radius 2 is 1.79 bits per heavy atom. The summed E-state index contributed by atoms with van der Waals surface area (Å²) >= 11 is 0. The molecule has 0 saturated carbocycles. The van der Waals surface area contributed by atoms with Crippen LogP contribution in [0.3, 0.4) is 0 Å². The zero-order chi connectivity index (χ0) is 14.3. The van der Waals surface area contributed by atoms with Crippen molar-refractivity contribution >= 4 is 23.3 Å². The molecule has 0 spiro atoms. The van der Waals surface area contributed by atoms with Gasteiger partial charge >= 0.3 is 5.97 Å². The van der Waals surface area contributed by atoms with Crippen LogP contribution < -0.4 is 5.32 Å². The number of nitrogens with one attached hydrogen (secondary N) is 1. The normalized spacial score (nSPS) is 9.79. The number of Topliss-reactive ketones (excluding diaryl/α,β-unsaturated/α-hetero) is 1. The highest BCUT2D eigenvalue weighted by Gasteiger charge is 2.07. The van der Waals surface area contributed by atoms with Crippen molar-refractivity contribution < 1.29 is 19.1 Å². The Morgan fingerprint density at radius 3 is 2.32 bits per heavy atom. The second-order valence-electron chi connectivity index (χ2n) is 4.11. The molecule has 0 unspecified atom stereocenters. The molecule has 0 atom stereocenters. The van der Waals surface area contributed by atoms with Crippen molar-refractivity contribution in [3.8, 4) is 0 Å². The van der Waals surface area contributed by atoms with Crippen molar-refractivity contribution in [2.75, 3.05) is 11.9 Å². The summed E-state index contributed by atoms with van der Waals surface area (Å²) in [5.41, 5.74) is 1.40. The molecule has 1 rings (SSSR count). The summed E-state index contributed by atoms with van der Waals surface area (Å²) in [6.07, 6.45) is 0.0695. The summed E-state index contributed by atoms with van der Waals surface area (Å²) < 4.78 is 4.84. The van der Waals surface area contributed by atoms with Gasteiger partial charge in [0.2, 0.25) is 5.91 Å². The summed E-state index contributed by atoms with van der Waals surface area (Å²) in [6, 6.07) is 6.85. The van der Waals surface area contributed by atoms with Gasteiger partial charge in [-0.2, -0.15) is 0 Å². The maximum Gasteiger partial charge on any atom is 0.310 e. The van der Waals surface area contributed by atoms with E-state index in [1.54, 1.807) is 31.2 Å². The van der Waals surface area contributed by atoms with Gasteiger partial charge in [-0.15, -0.1) is 0 Å². The van der Waals surface area contributed by atoms with Gasteiger partial charge in [-0.25, -0.2) is 0 Å². The Hall–Kier alpha value is -2.17. The molecule has 1 aromatic carbocycles. The molecular weight excluding hydrogens is 246 g/mol. The molecule has 0 heterocycles. The molecular formula is C14H17NO4. The van der Waals surface area contributed by atoms with Crippen LogP contribution in [0, 0.1) is 0 Å². The first kappa shape index (κ1) is 14.9. The fourth-order valence-corrected chi connectivity index (χ4v) is 1.52. The minimum absolute atomic E-state index is 0.134. The smallest absolute Gasteiger partial charge is 0.310 e. The number of ether oxygens (including phenoxy) is 1. The summed E-state index contributed by atoms with van der Waals surface area (Å²) in [5.74, 6) is -0.807. The molecule has 1 amide bonds. The molecule has 19 heavy (non-hydrogen) atoms. The third-order valence-corrected chi connectivity index (χ3v) is 2.30. The lowest BCUT2D eigenvalue weighted by molar-refractivity contribution is -0.142. The van der Waals surface area contributed by atoms with E-state index in [0.717, 1.165) is 5.56 Å². The van der Waals surface area contributed by atoms with Gasteiger partial charge in [0.25, 0.3) is 0 Å². The number of amides is 1. The summed E-state index contributed by atoms with van der Waals surface area (Å²) in [6.45, 7) is 3.48. The van der Waals surface area contributed by atoms with Crippen molar-refractivity contribution in [3.05, 3.63) is 29.8 Å². The molecule has 0 fully saturated rings. The molecule has 0 aromatic heterocycles. The van der Waals surface area contributed by atoms with E-state index < -0.39 is 0 Å². The first-order valence-corrected chi connectivity index (χ1v) is 6.05. The molecule has 0 bridgehead atoms. The number of anilines is 1. The van der Waals surface area contributed by atoms with Gasteiger partial charge in [-0.3, -0.25) is 14.4 Å². The van der Waals surface area contributed by atoms with Crippen molar-refractivity contribution in [2.24, 2.45) is 0 Å². The zero-order valence-electron chi connectivity index (χ0n) is 11.1. The second-order valence-corrected chi connectivity index (χ2v) is 4.11. The van der Waals surface area contributed by atoms with E-state index in [0.29, 0.717) is 12.3 Å². The van der Waals surface area contributed by atoms with E-state index in [2.05, 4.69) is 5.32 Å². The maximum atomic E-state index is 11.4. The minimum Gasteiger partial charge on any atom is -0.466 e. The van der Waals surface area contributed by atoms with Crippen molar-refractivity contribution in [1.29, 1.82) is 0 Å². The molecule has 1 N–H and O–H groups in total. The zero-order valence-corrected chi connectivity index (χ0v) is 11.1. The molecule has 0 aliphatic heterocycles. The first-order chi connectivity index (χ1) is 9.01. The Morgan fingerprint density at radius 1 is 1.16 bits per heavy atom. The maximum absolute atomic E-state index is 11.4. The number of hydrogen-bond donors (Lipinski definition) is 1. The van der Waals surface area contributed by atoms with Crippen LogP contribution in [0.2, 0.25) is 0 Å². The van der Waals surface area contributed by atoms with Crippen molar-refractivity contribution in [3.63, 3.8) is 0 Å². The third kappa shape index (κ3) is 5.81. The van der Waals surface area contributed by atoms with E-state index in [1.165, 1.54) is 6.92 Å². The largest absolute Gasteiger partial charge is 0.466 e. The Bertz CT molecular complexity index is 465. The number of ketones is 1. The number of benzene rings is 1. The molecule has 0 saturated heterocycles. The van der Waals surface area contributed by atoms with E-state index >= 15 is 0 Å². The summed E-state index contributed by atoms with van der Waals surface area (Å²) in [7, 11) is 0. The highest BCUT2D eigenvalue weighted by atomic mass is 16.5. The van der Waals surface area contributed by atoms with Crippen LogP contribution in [0.5, 0.6) is 0 Å². The van der Waals surface area contributed by atoms with Crippen LogP contribution in [0.25, 0.3) is 0 Å². The van der Waals surface area contributed by atoms with Crippen molar-refractivity contribution in [1.82, 2.24) is 0 Å². The minimum atomic E-state index is -0.342. The quantitative estimate of drug-likeness (QED) is 0.626. The third-order valence-electron chi connectivity index (χ3n) is 2.30. The molecule has 5 nitrogen and oxygen atoms in total. The summed E-state index contributed by atoms with van der Waals surface area (Å²) in [4.78, 5) is 33.4. The van der Waals surface area contributed by atoms with E-state index in [1.807, 2.05) is 0 Å². The molecule has 0 aliphatic rings. The number of carbonyl (C=O) groups excluding carboxylic acids is 3. The Balaban J connectivity index is 2.54. The second kappa shape index (κ2) is 7.31. The number of hydrogen-bond acceptors (Lipinski definition) is 4. The van der Waals surface area contributed by atoms with Gasteiger partial charge in [0.15, 0.2) is 0 Å². The highest BCUT2D eigenvalue weighted by molar-refractivity contribution is 6.03. The molecule has 1 aromatic rings.